The van der Waals surface area contributed by atoms with Crippen LogP contribution in [-0.2, 0) is 0 Å². The molecule has 0 aliphatic carbocycles. The van der Waals surface area contributed by atoms with Crippen LogP contribution in [0.1, 0.15) is 11.4 Å². The normalized spacial score (nSPS) is 11.6. The Bertz CT molecular complexity index is 558. The predicted molar refractivity (Wildman–Crippen MR) is 59.6 cm³/mol. The van der Waals surface area contributed by atoms with E-state index in [-0.39, 0.29) is 0 Å². The van der Waals surface area contributed by atoms with Gasteiger partial charge in [0.15, 0.2) is 0 Å². The van der Waals surface area contributed by atoms with Gasteiger partial charge in [-0.3, -0.25) is 0 Å². The molecule has 2 nitrogen and oxygen atoms in total. The highest BCUT2D eigenvalue weighted by atomic mass is 14.8. The number of aromatic nitrogens is 2. The lowest BCUT2D eigenvalue weighted by Crippen LogP contribution is -1.73. The van der Waals surface area contributed by atoms with E-state index in [1.54, 1.807) is 0 Å². The summed E-state index contributed by atoms with van der Waals surface area (Å²) >= 11 is 0. The summed E-state index contributed by atoms with van der Waals surface area (Å²) in [6.07, 6.45) is 0. The Morgan fingerprint density at radius 2 is 1.21 bits per heavy atom. The summed E-state index contributed by atoms with van der Waals surface area (Å²) in [6.45, 7) is 4.17. The number of nitrogens with one attached hydrogen (secondary N) is 2. The van der Waals surface area contributed by atoms with Crippen LogP contribution in [0.4, 0.5) is 0 Å². The van der Waals surface area contributed by atoms with Crippen molar-refractivity contribution in [2.75, 3.05) is 0 Å². The molecule has 0 aliphatic heterocycles. The summed E-state index contributed by atoms with van der Waals surface area (Å²) in [6, 6.07) is 8.67. The van der Waals surface area contributed by atoms with Crippen LogP contribution in [-0.4, -0.2) is 9.97 Å². The number of benzene rings is 1. The fourth-order valence-electron chi connectivity index (χ4n) is 2.08. The Kier molecular flexibility index (Phi) is 1.32. The van der Waals surface area contributed by atoms with Crippen LogP contribution in [0.5, 0.6) is 0 Å². The van der Waals surface area contributed by atoms with Crippen molar-refractivity contribution in [1.82, 2.24) is 9.97 Å². The second-order valence-corrected chi connectivity index (χ2v) is 3.90. The molecule has 14 heavy (non-hydrogen) atoms. The second kappa shape index (κ2) is 2.41. The third-order valence-electron chi connectivity index (χ3n) is 2.66. The van der Waals surface area contributed by atoms with E-state index in [2.05, 4.69) is 48.1 Å². The Hall–Kier alpha value is -1.70. The number of aromatic amines is 2. The highest BCUT2D eigenvalue weighted by molar-refractivity contribution is 6.04. The van der Waals surface area contributed by atoms with Crippen LogP contribution in [0.3, 0.4) is 0 Å². The monoisotopic (exact) mass is 184 g/mol. The Morgan fingerprint density at radius 1 is 0.786 bits per heavy atom. The minimum Gasteiger partial charge on any atom is -0.357 e. The maximum Gasteiger partial charge on any atom is 0.0701 e. The van der Waals surface area contributed by atoms with Crippen LogP contribution >= 0.6 is 0 Å². The van der Waals surface area contributed by atoms with Gasteiger partial charge in [-0.05, 0) is 26.0 Å². The molecule has 3 rings (SSSR count). The number of rotatable bonds is 0. The molecular weight excluding hydrogens is 172 g/mol. The van der Waals surface area contributed by atoms with Gasteiger partial charge in [0, 0.05) is 22.2 Å². The molecule has 3 aromatic rings. The van der Waals surface area contributed by atoms with Crippen LogP contribution in [0.15, 0.2) is 24.3 Å². The van der Waals surface area contributed by atoms with Gasteiger partial charge in [0.25, 0.3) is 0 Å². The van der Waals surface area contributed by atoms with E-state index in [0.717, 1.165) is 0 Å². The first-order valence-corrected chi connectivity index (χ1v) is 4.82. The molecule has 0 radical (unpaired) electrons. The first-order chi connectivity index (χ1) is 6.74. The van der Waals surface area contributed by atoms with E-state index >= 15 is 0 Å². The van der Waals surface area contributed by atoms with Gasteiger partial charge >= 0.3 is 0 Å². The number of hydrogen-bond donors (Lipinski definition) is 2. The fraction of sp³-hybridized carbons (Fsp3) is 0.167. The molecule has 0 fully saturated rings. The van der Waals surface area contributed by atoms with Crippen LogP contribution in [0.2, 0.25) is 0 Å². The van der Waals surface area contributed by atoms with Crippen molar-refractivity contribution in [1.29, 1.82) is 0 Å². The molecule has 1 aromatic carbocycles. The van der Waals surface area contributed by atoms with Gasteiger partial charge < -0.3 is 9.97 Å². The van der Waals surface area contributed by atoms with E-state index in [1.807, 2.05) is 0 Å². The summed E-state index contributed by atoms with van der Waals surface area (Å²) in [5.41, 5.74) is 4.85. The zero-order valence-corrected chi connectivity index (χ0v) is 8.31. The van der Waals surface area contributed by atoms with Crippen LogP contribution < -0.4 is 0 Å². The van der Waals surface area contributed by atoms with Crippen molar-refractivity contribution in [3.05, 3.63) is 35.7 Å². The van der Waals surface area contributed by atoms with Gasteiger partial charge in [0.2, 0.25) is 0 Å². The Labute approximate surface area is 81.9 Å². The largest absolute Gasteiger partial charge is 0.357 e. The molecule has 0 saturated heterocycles. The van der Waals surface area contributed by atoms with Crippen LogP contribution in [0, 0.1) is 13.8 Å². The maximum atomic E-state index is 3.38. The molecule has 0 aliphatic rings. The number of fused-ring (bicyclic) bond motifs is 3. The fourth-order valence-corrected chi connectivity index (χ4v) is 2.08. The Balaban J connectivity index is 2.58. The highest BCUT2D eigenvalue weighted by Gasteiger charge is 2.04. The van der Waals surface area contributed by atoms with Gasteiger partial charge in [-0.15, -0.1) is 0 Å². The van der Waals surface area contributed by atoms with E-state index in [9.17, 15) is 0 Å². The predicted octanol–water partition coefficient (Wildman–Crippen LogP) is 3.27. The molecule has 2 aromatic heterocycles. The van der Waals surface area contributed by atoms with Crippen molar-refractivity contribution in [3.8, 4) is 0 Å². The molecule has 0 unspecified atom stereocenters. The zero-order valence-electron chi connectivity index (χ0n) is 8.31. The van der Waals surface area contributed by atoms with Gasteiger partial charge in [-0.2, -0.15) is 0 Å². The van der Waals surface area contributed by atoms with Gasteiger partial charge in [-0.1, -0.05) is 12.1 Å². The third kappa shape index (κ3) is 0.909. The summed E-state index contributed by atoms with van der Waals surface area (Å²) in [5, 5.41) is 2.55. The minimum atomic E-state index is 1.21. The molecule has 0 bridgehead atoms. The molecule has 2 N–H and O–H groups in total. The van der Waals surface area contributed by atoms with Gasteiger partial charge in [-0.25, -0.2) is 0 Å². The van der Waals surface area contributed by atoms with E-state index < -0.39 is 0 Å². The molecular formula is C12H12N2. The standard InChI is InChI=1S/C12H12N2/c1-7-5-9-3-4-10-6-8(2)14-12(10)11(9)13-7/h3-6,13-14H,1-2H3. The number of aryl methyl sites for hydroxylation is 2. The molecule has 0 amide bonds. The van der Waals surface area contributed by atoms with E-state index in [4.69, 9.17) is 0 Å². The first-order valence-electron chi connectivity index (χ1n) is 4.82. The molecule has 0 spiro atoms. The van der Waals surface area contributed by atoms with E-state index in [0.29, 0.717) is 0 Å². The average molecular weight is 184 g/mol. The minimum absolute atomic E-state index is 1.21. The van der Waals surface area contributed by atoms with Gasteiger partial charge in [0.05, 0.1) is 11.0 Å². The quantitative estimate of drug-likeness (QED) is 0.537. The summed E-state index contributed by atoms with van der Waals surface area (Å²) in [5.74, 6) is 0. The molecule has 2 heterocycles. The van der Waals surface area contributed by atoms with E-state index in [1.165, 1.54) is 33.2 Å². The molecule has 2 heteroatoms. The van der Waals surface area contributed by atoms with Crippen LogP contribution in [0.25, 0.3) is 21.8 Å². The lowest BCUT2D eigenvalue weighted by Gasteiger charge is -1.92. The number of H-pyrrole nitrogens is 2. The van der Waals surface area contributed by atoms with Gasteiger partial charge in [0.1, 0.15) is 0 Å². The topological polar surface area (TPSA) is 31.6 Å². The third-order valence-corrected chi connectivity index (χ3v) is 2.66. The summed E-state index contributed by atoms with van der Waals surface area (Å²) < 4.78 is 0. The number of hydrogen-bond acceptors (Lipinski definition) is 0. The van der Waals surface area contributed by atoms with Crippen molar-refractivity contribution in [3.63, 3.8) is 0 Å². The average Bonchev–Trinajstić information content (AvgIpc) is 2.65. The summed E-state index contributed by atoms with van der Waals surface area (Å²) in [4.78, 5) is 6.77. The molecule has 0 saturated carbocycles. The lowest BCUT2D eigenvalue weighted by molar-refractivity contribution is 1.28. The van der Waals surface area contributed by atoms with Crippen molar-refractivity contribution < 1.29 is 0 Å². The maximum absolute atomic E-state index is 3.38. The molecule has 70 valence electrons. The second-order valence-electron chi connectivity index (χ2n) is 3.90. The first kappa shape index (κ1) is 7.68. The Morgan fingerprint density at radius 3 is 1.64 bits per heavy atom. The highest BCUT2D eigenvalue weighted by Crippen LogP contribution is 2.25. The molecule has 0 atom stereocenters. The summed E-state index contributed by atoms with van der Waals surface area (Å²) in [7, 11) is 0. The smallest absolute Gasteiger partial charge is 0.0701 e. The van der Waals surface area contributed by atoms with Crippen molar-refractivity contribution in [2.45, 2.75) is 13.8 Å². The van der Waals surface area contributed by atoms with Crippen molar-refractivity contribution >= 4 is 21.8 Å². The zero-order chi connectivity index (χ0) is 9.71. The van der Waals surface area contributed by atoms with Crippen molar-refractivity contribution in [2.24, 2.45) is 0 Å². The SMILES string of the molecule is Cc1cc2ccc3cc(C)[nH]c3c2[nH]1. The lowest BCUT2D eigenvalue weighted by atomic mass is 10.2.